The van der Waals surface area contributed by atoms with Crippen LogP contribution in [0, 0.1) is 0 Å². The lowest BCUT2D eigenvalue weighted by Crippen LogP contribution is -1.96. The molecule has 0 unspecified atom stereocenters. The van der Waals surface area contributed by atoms with Crippen LogP contribution in [0.15, 0.2) is 95.9 Å². The van der Waals surface area contributed by atoms with Crippen LogP contribution < -0.4 is 4.74 Å². The first kappa shape index (κ1) is 18.3. The molecular formula is C24H20O3S. The van der Waals surface area contributed by atoms with Crippen molar-refractivity contribution in [1.29, 1.82) is 0 Å². The first-order valence-corrected chi connectivity index (χ1v) is 10.9. The predicted octanol–water partition coefficient (Wildman–Crippen LogP) is 5.49. The zero-order valence-electron chi connectivity index (χ0n) is 15.5. The lowest BCUT2D eigenvalue weighted by Gasteiger charge is -2.09. The van der Waals surface area contributed by atoms with Crippen LogP contribution >= 0.6 is 0 Å². The summed E-state index contributed by atoms with van der Waals surface area (Å²) in [5.41, 5.74) is 3.17. The molecule has 0 bridgehead atoms. The van der Waals surface area contributed by atoms with Crippen molar-refractivity contribution in [3.63, 3.8) is 0 Å². The molecule has 4 aromatic rings. The van der Waals surface area contributed by atoms with Gasteiger partial charge in [0.2, 0.25) is 0 Å². The largest absolute Gasteiger partial charge is 0.489 e. The Kier molecular flexibility index (Phi) is 4.88. The Morgan fingerprint density at radius 1 is 0.714 bits per heavy atom. The van der Waals surface area contributed by atoms with Gasteiger partial charge in [0.25, 0.3) is 0 Å². The monoisotopic (exact) mass is 388 g/mol. The second-order valence-electron chi connectivity index (χ2n) is 6.79. The molecule has 0 N–H and O–H groups in total. The molecule has 0 saturated heterocycles. The molecule has 0 aliphatic heterocycles. The lowest BCUT2D eigenvalue weighted by atomic mass is 10.0. The van der Waals surface area contributed by atoms with Gasteiger partial charge in [-0.05, 0) is 57.8 Å². The Bertz CT molecular complexity index is 1210. The fourth-order valence-electron chi connectivity index (χ4n) is 3.13. The molecule has 0 aliphatic carbocycles. The molecule has 0 fully saturated rings. The summed E-state index contributed by atoms with van der Waals surface area (Å²) < 4.78 is 29.1. The van der Waals surface area contributed by atoms with Gasteiger partial charge in [0.1, 0.15) is 12.4 Å². The molecule has 0 radical (unpaired) electrons. The first-order valence-electron chi connectivity index (χ1n) is 9.00. The van der Waals surface area contributed by atoms with Crippen molar-refractivity contribution in [3.05, 3.63) is 96.6 Å². The summed E-state index contributed by atoms with van der Waals surface area (Å²) in [7, 11) is -3.18. The van der Waals surface area contributed by atoms with Crippen LogP contribution in [0.2, 0.25) is 0 Å². The second kappa shape index (κ2) is 7.49. The van der Waals surface area contributed by atoms with E-state index in [4.69, 9.17) is 4.74 Å². The zero-order chi connectivity index (χ0) is 19.6. The molecular weight excluding hydrogens is 368 g/mol. The van der Waals surface area contributed by atoms with Crippen molar-refractivity contribution in [3.8, 4) is 16.9 Å². The molecule has 0 aromatic heterocycles. The van der Waals surface area contributed by atoms with Crippen molar-refractivity contribution in [2.75, 3.05) is 6.26 Å². The van der Waals surface area contributed by atoms with Gasteiger partial charge < -0.3 is 4.74 Å². The maximum absolute atomic E-state index is 11.6. The van der Waals surface area contributed by atoms with E-state index >= 15 is 0 Å². The van der Waals surface area contributed by atoms with Gasteiger partial charge in [0.15, 0.2) is 9.84 Å². The Labute approximate surface area is 165 Å². The van der Waals surface area contributed by atoms with Crippen LogP contribution in [0.4, 0.5) is 0 Å². The quantitative estimate of drug-likeness (QED) is 0.454. The summed E-state index contributed by atoms with van der Waals surface area (Å²) in [5.74, 6) is 0.835. The summed E-state index contributed by atoms with van der Waals surface area (Å²) in [6.45, 7) is 0.539. The minimum atomic E-state index is -3.18. The Morgan fingerprint density at radius 2 is 1.36 bits per heavy atom. The summed E-state index contributed by atoms with van der Waals surface area (Å²) in [5, 5.41) is 2.21. The van der Waals surface area contributed by atoms with E-state index in [1.165, 1.54) is 6.26 Å². The number of rotatable bonds is 5. The fraction of sp³-hybridized carbons (Fsp3) is 0.0833. The van der Waals surface area contributed by atoms with Crippen molar-refractivity contribution in [1.82, 2.24) is 0 Å². The van der Waals surface area contributed by atoms with Crippen molar-refractivity contribution in [2.24, 2.45) is 0 Å². The average molecular weight is 388 g/mol. The smallest absolute Gasteiger partial charge is 0.175 e. The van der Waals surface area contributed by atoms with Gasteiger partial charge in [-0.2, -0.15) is 0 Å². The van der Waals surface area contributed by atoms with Crippen molar-refractivity contribution in [2.45, 2.75) is 11.5 Å². The zero-order valence-corrected chi connectivity index (χ0v) is 16.3. The van der Waals surface area contributed by atoms with Gasteiger partial charge in [0.05, 0.1) is 4.90 Å². The van der Waals surface area contributed by atoms with Gasteiger partial charge in [-0.25, -0.2) is 8.42 Å². The highest BCUT2D eigenvalue weighted by atomic mass is 32.2. The number of hydrogen-bond donors (Lipinski definition) is 0. The number of ether oxygens (including phenoxy) is 1. The van der Waals surface area contributed by atoms with Crippen LogP contribution in [0.3, 0.4) is 0 Å². The van der Waals surface area contributed by atoms with Crippen LogP contribution in [0.1, 0.15) is 5.56 Å². The third kappa shape index (κ3) is 4.07. The van der Waals surface area contributed by atoms with E-state index in [9.17, 15) is 8.42 Å². The molecule has 4 rings (SSSR count). The first-order chi connectivity index (χ1) is 13.5. The SMILES string of the molecule is CS(=O)(=O)c1ccc(-c2ccc3cc(OCc4ccccc4)ccc3c2)cc1. The van der Waals surface area contributed by atoms with Gasteiger partial charge in [-0.15, -0.1) is 0 Å². The summed E-state index contributed by atoms with van der Waals surface area (Å²) in [4.78, 5) is 0.331. The molecule has 0 atom stereocenters. The number of hydrogen-bond acceptors (Lipinski definition) is 3. The number of sulfone groups is 1. The van der Waals surface area contributed by atoms with Crippen LogP contribution in [0.25, 0.3) is 21.9 Å². The normalized spacial score (nSPS) is 11.5. The van der Waals surface area contributed by atoms with Gasteiger partial charge in [-0.3, -0.25) is 0 Å². The molecule has 4 aromatic carbocycles. The number of benzene rings is 4. The Hall–Kier alpha value is -3.11. The standard InChI is InChI=1S/C24H20O3S/c1-28(25,26)24-13-10-19(11-14-24)20-7-8-22-16-23(12-9-21(22)15-20)27-17-18-5-3-2-4-6-18/h2-16H,17H2,1H3. The van der Waals surface area contributed by atoms with E-state index < -0.39 is 9.84 Å². The summed E-state index contributed by atoms with van der Waals surface area (Å²) in [6, 6.07) is 29.3. The second-order valence-corrected chi connectivity index (χ2v) is 8.81. The highest BCUT2D eigenvalue weighted by Crippen LogP contribution is 2.28. The highest BCUT2D eigenvalue weighted by molar-refractivity contribution is 7.90. The topological polar surface area (TPSA) is 43.4 Å². The third-order valence-corrected chi connectivity index (χ3v) is 5.80. The van der Waals surface area contributed by atoms with E-state index in [0.29, 0.717) is 11.5 Å². The highest BCUT2D eigenvalue weighted by Gasteiger charge is 2.07. The molecule has 0 spiro atoms. The third-order valence-electron chi connectivity index (χ3n) is 4.68. The molecule has 0 saturated carbocycles. The fourth-order valence-corrected chi connectivity index (χ4v) is 3.76. The minimum absolute atomic E-state index is 0.331. The Morgan fingerprint density at radius 3 is 2.07 bits per heavy atom. The van der Waals surface area contributed by atoms with Gasteiger partial charge in [-0.1, -0.05) is 60.7 Å². The molecule has 0 aliphatic rings. The van der Waals surface area contributed by atoms with Crippen LogP contribution in [-0.4, -0.2) is 14.7 Å². The molecule has 140 valence electrons. The van der Waals surface area contributed by atoms with Crippen molar-refractivity contribution >= 4 is 20.6 Å². The Balaban J connectivity index is 1.56. The molecule has 28 heavy (non-hydrogen) atoms. The summed E-state index contributed by atoms with van der Waals surface area (Å²) in [6.07, 6.45) is 1.22. The maximum atomic E-state index is 11.6. The van der Waals surface area contributed by atoms with Gasteiger partial charge in [0, 0.05) is 6.26 Å². The molecule has 0 amide bonds. The lowest BCUT2D eigenvalue weighted by molar-refractivity contribution is 0.306. The predicted molar refractivity (Wildman–Crippen MR) is 113 cm³/mol. The average Bonchev–Trinajstić information content (AvgIpc) is 2.72. The van der Waals surface area contributed by atoms with E-state index in [1.54, 1.807) is 12.1 Å². The minimum Gasteiger partial charge on any atom is -0.489 e. The van der Waals surface area contributed by atoms with E-state index in [1.807, 2.05) is 66.7 Å². The molecule has 3 nitrogen and oxygen atoms in total. The van der Waals surface area contributed by atoms with E-state index in [2.05, 4.69) is 12.1 Å². The van der Waals surface area contributed by atoms with Crippen LogP contribution in [0.5, 0.6) is 5.75 Å². The van der Waals surface area contributed by atoms with E-state index in [-0.39, 0.29) is 0 Å². The van der Waals surface area contributed by atoms with Crippen molar-refractivity contribution < 1.29 is 13.2 Å². The van der Waals surface area contributed by atoms with Gasteiger partial charge >= 0.3 is 0 Å². The summed E-state index contributed by atoms with van der Waals surface area (Å²) >= 11 is 0. The molecule has 4 heteroatoms. The number of fused-ring (bicyclic) bond motifs is 1. The van der Waals surface area contributed by atoms with Crippen LogP contribution in [-0.2, 0) is 16.4 Å². The van der Waals surface area contributed by atoms with E-state index in [0.717, 1.165) is 33.2 Å². The molecule has 0 heterocycles. The maximum Gasteiger partial charge on any atom is 0.175 e.